The summed E-state index contributed by atoms with van der Waals surface area (Å²) in [6, 6.07) is 7.91. The van der Waals surface area contributed by atoms with Crippen LogP contribution in [0.5, 0.6) is 0 Å². The standard InChI is InChI=1S/C13H14BrNO/c14-11-5-3-6-12(8-11)15-9-10-4-1-2-7-13(10)16/h3,5-6,8-9,15H,1-2,4,7H2. The first-order valence-electron chi connectivity index (χ1n) is 5.50. The third-order valence-electron chi connectivity index (χ3n) is 2.70. The minimum atomic E-state index is 0.286. The van der Waals surface area contributed by atoms with Crippen LogP contribution in [0.2, 0.25) is 0 Å². The highest BCUT2D eigenvalue weighted by Crippen LogP contribution is 2.21. The van der Waals surface area contributed by atoms with Crippen molar-refractivity contribution in [2.75, 3.05) is 5.32 Å². The zero-order valence-corrected chi connectivity index (χ0v) is 10.6. The van der Waals surface area contributed by atoms with Gasteiger partial charge in [-0.3, -0.25) is 4.79 Å². The van der Waals surface area contributed by atoms with Gasteiger partial charge >= 0.3 is 0 Å². The predicted octanol–water partition coefficient (Wildman–Crippen LogP) is 3.89. The Hall–Kier alpha value is -1.09. The van der Waals surface area contributed by atoms with Crippen molar-refractivity contribution in [1.82, 2.24) is 0 Å². The van der Waals surface area contributed by atoms with E-state index >= 15 is 0 Å². The van der Waals surface area contributed by atoms with E-state index < -0.39 is 0 Å². The Morgan fingerprint density at radius 3 is 2.81 bits per heavy atom. The van der Waals surface area contributed by atoms with Crippen LogP contribution >= 0.6 is 15.9 Å². The van der Waals surface area contributed by atoms with E-state index in [1.165, 1.54) is 0 Å². The van der Waals surface area contributed by atoms with Crippen LogP contribution < -0.4 is 5.32 Å². The van der Waals surface area contributed by atoms with Gasteiger partial charge in [0, 0.05) is 28.4 Å². The lowest BCUT2D eigenvalue weighted by molar-refractivity contribution is -0.116. The molecule has 1 aromatic carbocycles. The molecule has 0 unspecified atom stereocenters. The number of carbonyl (C=O) groups excluding carboxylic acids is 1. The normalized spacial score (nSPS) is 18.8. The fraction of sp³-hybridized carbons (Fsp3) is 0.308. The first-order chi connectivity index (χ1) is 7.75. The van der Waals surface area contributed by atoms with Crippen molar-refractivity contribution in [1.29, 1.82) is 0 Å². The third kappa shape index (κ3) is 2.95. The number of anilines is 1. The van der Waals surface area contributed by atoms with Crippen molar-refractivity contribution in [2.45, 2.75) is 25.7 Å². The first-order valence-corrected chi connectivity index (χ1v) is 6.29. The van der Waals surface area contributed by atoms with Gasteiger partial charge in [0.2, 0.25) is 0 Å². The van der Waals surface area contributed by atoms with Crippen LogP contribution in [0, 0.1) is 0 Å². The van der Waals surface area contributed by atoms with Crippen LogP contribution in [-0.4, -0.2) is 5.78 Å². The summed E-state index contributed by atoms with van der Waals surface area (Å²) < 4.78 is 1.03. The average Bonchev–Trinajstić information content (AvgIpc) is 2.28. The summed E-state index contributed by atoms with van der Waals surface area (Å²) in [6.45, 7) is 0. The number of benzene rings is 1. The summed E-state index contributed by atoms with van der Waals surface area (Å²) in [5.74, 6) is 0.286. The number of carbonyl (C=O) groups is 1. The third-order valence-corrected chi connectivity index (χ3v) is 3.19. The molecule has 1 saturated carbocycles. The van der Waals surface area contributed by atoms with Crippen molar-refractivity contribution < 1.29 is 4.79 Å². The highest BCUT2D eigenvalue weighted by atomic mass is 79.9. The molecule has 0 heterocycles. The van der Waals surface area contributed by atoms with Crippen LogP contribution in [0.3, 0.4) is 0 Å². The molecule has 0 spiro atoms. The van der Waals surface area contributed by atoms with Crippen LogP contribution in [-0.2, 0) is 4.79 Å². The maximum absolute atomic E-state index is 11.6. The molecular formula is C13H14BrNO. The Morgan fingerprint density at radius 2 is 2.06 bits per heavy atom. The second kappa shape index (κ2) is 5.30. The molecule has 3 heteroatoms. The number of allylic oxidation sites excluding steroid dienone is 1. The van der Waals surface area contributed by atoms with Gasteiger partial charge in [-0.2, -0.15) is 0 Å². The monoisotopic (exact) mass is 279 g/mol. The van der Waals surface area contributed by atoms with E-state index in [-0.39, 0.29) is 5.78 Å². The fourth-order valence-electron chi connectivity index (χ4n) is 1.80. The van der Waals surface area contributed by atoms with Gasteiger partial charge in [-0.1, -0.05) is 22.0 Å². The Labute approximate surface area is 104 Å². The van der Waals surface area contributed by atoms with Crippen LogP contribution in [0.1, 0.15) is 25.7 Å². The molecule has 0 saturated heterocycles. The molecule has 1 fully saturated rings. The van der Waals surface area contributed by atoms with Crippen molar-refractivity contribution >= 4 is 27.4 Å². The van der Waals surface area contributed by atoms with Crippen LogP contribution in [0.25, 0.3) is 0 Å². The second-order valence-electron chi connectivity index (χ2n) is 3.95. The van der Waals surface area contributed by atoms with E-state index in [0.717, 1.165) is 35.0 Å². The highest BCUT2D eigenvalue weighted by molar-refractivity contribution is 9.10. The Kier molecular flexibility index (Phi) is 3.78. The number of rotatable bonds is 2. The summed E-state index contributed by atoms with van der Waals surface area (Å²) >= 11 is 3.41. The molecule has 1 aliphatic rings. The molecule has 0 aliphatic heterocycles. The van der Waals surface area contributed by atoms with Crippen molar-refractivity contribution in [3.63, 3.8) is 0 Å². The minimum absolute atomic E-state index is 0.286. The van der Waals surface area contributed by atoms with Gasteiger partial charge in [0.1, 0.15) is 0 Å². The molecule has 0 aromatic heterocycles. The SMILES string of the molecule is O=C1CCCCC1=CNc1cccc(Br)c1. The quantitative estimate of drug-likeness (QED) is 0.833. The van der Waals surface area contributed by atoms with Crippen molar-refractivity contribution in [3.8, 4) is 0 Å². The lowest BCUT2D eigenvalue weighted by Crippen LogP contribution is -2.09. The topological polar surface area (TPSA) is 29.1 Å². The first kappa shape index (κ1) is 11.4. The number of Topliss-reactive ketones (excluding diaryl/α,β-unsaturated/α-hetero) is 1. The number of halogens is 1. The van der Waals surface area contributed by atoms with Crippen LogP contribution in [0.4, 0.5) is 5.69 Å². The molecule has 0 atom stereocenters. The summed E-state index contributed by atoms with van der Waals surface area (Å²) in [5.41, 5.74) is 1.92. The Bertz CT molecular complexity index is 426. The van der Waals surface area contributed by atoms with Gasteiger partial charge in [-0.05, 0) is 37.5 Å². The maximum Gasteiger partial charge on any atom is 0.160 e. The zero-order chi connectivity index (χ0) is 11.4. The summed E-state index contributed by atoms with van der Waals surface area (Å²) in [7, 11) is 0. The largest absolute Gasteiger partial charge is 0.361 e. The van der Waals surface area contributed by atoms with E-state index in [1.807, 2.05) is 30.5 Å². The van der Waals surface area contributed by atoms with Gasteiger partial charge in [-0.25, -0.2) is 0 Å². The molecular weight excluding hydrogens is 266 g/mol. The molecule has 0 amide bonds. The van der Waals surface area contributed by atoms with Crippen molar-refractivity contribution in [3.05, 3.63) is 40.5 Å². The highest BCUT2D eigenvalue weighted by Gasteiger charge is 2.14. The molecule has 0 bridgehead atoms. The van der Waals surface area contributed by atoms with E-state index in [1.54, 1.807) is 0 Å². The molecule has 2 rings (SSSR count). The van der Waals surface area contributed by atoms with E-state index in [9.17, 15) is 4.79 Å². The van der Waals surface area contributed by atoms with Gasteiger partial charge < -0.3 is 5.32 Å². The molecule has 1 aromatic rings. The molecule has 1 N–H and O–H groups in total. The summed E-state index contributed by atoms with van der Waals surface area (Å²) in [6.07, 6.45) is 5.61. The Balaban J connectivity index is 2.05. The smallest absolute Gasteiger partial charge is 0.160 e. The Morgan fingerprint density at radius 1 is 1.25 bits per heavy atom. The number of hydrogen-bond donors (Lipinski definition) is 1. The molecule has 0 radical (unpaired) electrons. The molecule has 1 aliphatic carbocycles. The maximum atomic E-state index is 11.6. The summed E-state index contributed by atoms with van der Waals surface area (Å²) in [4.78, 5) is 11.6. The van der Waals surface area contributed by atoms with Gasteiger partial charge in [0.05, 0.1) is 0 Å². The second-order valence-corrected chi connectivity index (χ2v) is 4.87. The lowest BCUT2D eigenvalue weighted by atomic mass is 9.94. The number of nitrogens with one attached hydrogen (secondary N) is 1. The van der Waals surface area contributed by atoms with Gasteiger partial charge in [0.15, 0.2) is 5.78 Å². The average molecular weight is 280 g/mol. The van der Waals surface area contributed by atoms with Crippen LogP contribution in [0.15, 0.2) is 40.5 Å². The lowest BCUT2D eigenvalue weighted by Gasteiger charge is -2.12. The van der Waals surface area contributed by atoms with Crippen molar-refractivity contribution in [2.24, 2.45) is 0 Å². The molecule has 2 nitrogen and oxygen atoms in total. The van der Waals surface area contributed by atoms with Gasteiger partial charge in [-0.15, -0.1) is 0 Å². The number of hydrogen-bond acceptors (Lipinski definition) is 2. The predicted molar refractivity (Wildman–Crippen MR) is 69.3 cm³/mol. The van der Waals surface area contributed by atoms with Gasteiger partial charge in [0.25, 0.3) is 0 Å². The molecule has 84 valence electrons. The molecule has 16 heavy (non-hydrogen) atoms. The zero-order valence-electron chi connectivity index (χ0n) is 9.00. The van der Waals surface area contributed by atoms with E-state index in [0.29, 0.717) is 6.42 Å². The fourth-order valence-corrected chi connectivity index (χ4v) is 2.20. The number of ketones is 1. The summed E-state index contributed by atoms with van der Waals surface area (Å²) in [5, 5.41) is 3.17. The van der Waals surface area contributed by atoms with E-state index in [2.05, 4.69) is 21.2 Å². The minimum Gasteiger partial charge on any atom is -0.361 e. The van der Waals surface area contributed by atoms with E-state index in [4.69, 9.17) is 0 Å².